The molecule has 0 saturated carbocycles. The van der Waals surface area contributed by atoms with Gasteiger partial charge in [-0.2, -0.15) is 0 Å². The van der Waals surface area contributed by atoms with Gasteiger partial charge in [0.25, 0.3) is 0 Å². The number of hydrogen-bond acceptors (Lipinski definition) is 2. The average molecular weight is 264 g/mol. The number of carboxylic acids is 1. The summed E-state index contributed by atoms with van der Waals surface area (Å²) in [5.74, 6) is -2.90. The van der Waals surface area contributed by atoms with Gasteiger partial charge in [0, 0.05) is 11.6 Å². The fourth-order valence-electron chi connectivity index (χ4n) is 1.58. The Balaban J connectivity index is 2.14. The first kappa shape index (κ1) is 13.0. The maximum Gasteiger partial charge on any atom is 0.336 e. The van der Waals surface area contributed by atoms with Gasteiger partial charge in [-0.05, 0) is 18.2 Å². The molecule has 0 aliphatic rings. The largest absolute Gasteiger partial charge is 0.489 e. The first-order valence-electron chi connectivity index (χ1n) is 5.47. The fraction of sp³-hybridized carbons (Fsp3) is 0.0714. The Hall–Kier alpha value is -2.43. The summed E-state index contributed by atoms with van der Waals surface area (Å²) in [6.45, 7) is -0.0342. The number of hydrogen-bond donors (Lipinski definition) is 1. The van der Waals surface area contributed by atoms with E-state index >= 15 is 0 Å². The van der Waals surface area contributed by atoms with Crippen molar-refractivity contribution in [2.75, 3.05) is 0 Å². The third-order valence-electron chi connectivity index (χ3n) is 2.53. The fourth-order valence-corrected chi connectivity index (χ4v) is 1.58. The molecule has 5 heteroatoms. The molecular formula is C14H10F2O3. The van der Waals surface area contributed by atoms with Crippen LogP contribution in [0.3, 0.4) is 0 Å². The molecule has 1 N–H and O–H groups in total. The molecule has 0 aliphatic carbocycles. The summed E-state index contributed by atoms with van der Waals surface area (Å²) in [4.78, 5) is 11.0. The Kier molecular flexibility index (Phi) is 3.75. The summed E-state index contributed by atoms with van der Waals surface area (Å²) < 4.78 is 30.9. The summed E-state index contributed by atoms with van der Waals surface area (Å²) in [6.07, 6.45) is 0. The normalized spacial score (nSPS) is 10.2. The van der Waals surface area contributed by atoms with E-state index in [9.17, 15) is 13.6 Å². The molecule has 19 heavy (non-hydrogen) atoms. The summed E-state index contributed by atoms with van der Waals surface area (Å²) in [6, 6.07) is 9.48. The molecule has 0 saturated heterocycles. The lowest BCUT2D eigenvalue weighted by molar-refractivity contribution is 0.0694. The SMILES string of the molecule is O=C(O)c1ccccc1COc1ccc(F)c(F)c1. The van der Waals surface area contributed by atoms with Crippen molar-refractivity contribution in [3.8, 4) is 5.75 Å². The van der Waals surface area contributed by atoms with Crippen molar-refractivity contribution in [2.24, 2.45) is 0 Å². The lowest BCUT2D eigenvalue weighted by Crippen LogP contribution is -2.05. The smallest absolute Gasteiger partial charge is 0.336 e. The highest BCUT2D eigenvalue weighted by Gasteiger charge is 2.10. The summed E-state index contributed by atoms with van der Waals surface area (Å²) in [7, 11) is 0. The van der Waals surface area contributed by atoms with E-state index in [0.29, 0.717) is 5.56 Å². The van der Waals surface area contributed by atoms with Gasteiger partial charge in [0.2, 0.25) is 0 Å². The highest BCUT2D eigenvalue weighted by atomic mass is 19.2. The van der Waals surface area contributed by atoms with Crippen LogP contribution in [0.1, 0.15) is 15.9 Å². The first-order chi connectivity index (χ1) is 9.08. The molecule has 0 aromatic heterocycles. The number of ether oxygens (including phenoxy) is 1. The molecule has 0 bridgehead atoms. The van der Waals surface area contributed by atoms with Crippen molar-refractivity contribution in [3.05, 3.63) is 65.2 Å². The summed E-state index contributed by atoms with van der Waals surface area (Å²) in [5.41, 5.74) is 0.574. The minimum atomic E-state index is -1.07. The zero-order valence-electron chi connectivity index (χ0n) is 9.77. The van der Waals surface area contributed by atoms with Crippen LogP contribution in [0.2, 0.25) is 0 Å². The molecule has 0 fully saturated rings. The maximum atomic E-state index is 13.0. The lowest BCUT2D eigenvalue weighted by Gasteiger charge is -2.08. The van der Waals surface area contributed by atoms with Crippen molar-refractivity contribution in [1.82, 2.24) is 0 Å². The van der Waals surface area contributed by atoms with E-state index < -0.39 is 17.6 Å². The Morgan fingerprint density at radius 2 is 1.84 bits per heavy atom. The van der Waals surface area contributed by atoms with Crippen molar-refractivity contribution < 1.29 is 23.4 Å². The van der Waals surface area contributed by atoms with Crippen molar-refractivity contribution >= 4 is 5.97 Å². The van der Waals surface area contributed by atoms with Crippen LogP contribution in [0.15, 0.2) is 42.5 Å². The predicted molar refractivity (Wildman–Crippen MR) is 64.1 cm³/mol. The van der Waals surface area contributed by atoms with Gasteiger partial charge < -0.3 is 9.84 Å². The van der Waals surface area contributed by atoms with E-state index in [0.717, 1.165) is 12.1 Å². The molecular weight excluding hydrogens is 254 g/mol. The third-order valence-corrected chi connectivity index (χ3v) is 2.53. The van der Waals surface area contributed by atoms with E-state index in [-0.39, 0.29) is 17.9 Å². The number of rotatable bonds is 4. The summed E-state index contributed by atoms with van der Waals surface area (Å²) in [5, 5.41) is 8.98. The minimum Gasteiger partial charge on any atom is -0.489 e. The van der Waals surface area contributed by atoms with Crippen LogP contribution in [-0.4, -0.2) is 11.1 Å². The first-order valence-corrected chi connectivity index (χ1v) is 5.47. The van der Waals surface area contributed by atoms with Crippen LogP contribution in [-0.2, 0) is 6.61 Å². The topological polar surface area (TPSA) is 46.5 Å². The Morgan fingerprint density at radius 3 is 2.53 bits per heavy atom. The second kappa shape index (κ2) is 5.48. The number of aromatic carboxylic acids is 1. The second-order valence-corrected chi connectivity index (χ2v) is 3.83. The van der Waals surface area contributed by atoms with E-state index in [4.69, 9.17) is 9.84 Å². The van der Waals surface area contributed by atoms with Gasteiger partial charge in [-0.1, -0.05) is 18.2 Å². The lowest BCUT2D eigenvalue weighted by atomic mass is 10.1. The monoisotopic (exact) mass is 264 g/mol. The number of halogens is 2. The van der Waals surface area contributed by atoms with E-state index in [1.54, 1.807) is 18.2 Å². The van der Waals surface area contributed by atoms with Crippen LogP contribution in [0.4, 0.5) is 8.78 Å². The zero-order valence-corrected chi connectivity index (χ0v) is 9.77. The third kappa shape index (κ3) is 3.07. The van der Waals surface area contributed by atoms with E-state index in [1.165, 1.54) is 12.1 Å². The van der Waals surface area contributed by atoms with Gasteiger partial charge in [-0.3, -0.25) is 0 Å². The minimum absolute atomic E-state index is 0.0342. The van der Waals surface area contributed by atoms with Gasteiger partial charge >= 0.3 is 5.97 Å². The number of carbonyl (C=O) groups is 1. The summed E-state index contributed by atoms with van der Waals surface area (Å²) >= 11 is 0. The highest BCUT2D eigenvalue weighted by molar-refractivity contribution is 5.89. The Labute approximate surface area is 108 Å². The van der Waals surface area contributed by atoms with Crippen molar-refractivity contribution in [2.45, 2.75) is 6.61 Å². The van der Waals surface area contributed by atoms with Crippen LogP contribution in [0.25, 0.3) is 0 Å². The molecule has 3 nitrogen and oxygen atoms in total. The van der Waals surface area contributed by atoms with Crippen LogP contribution in [0.5, 0.6) is 5.75 Å². The average Bonchev–Trinajstić information content (AvgIpc) is 2.40. The molecule has 2 aromatic carbocycles. The van der Waals surface area contributed by atoms with Crippen molar-refractivity contribution in [1.29, 1.82) is 0 Å². The molecule has 0 atom stereocenters. The Morgan fingerprint density at radius 1 is 1.11 bits per heavy atom. The zero-order chi connectivity index (χ0) is 13.8. The molecule has 2 rings (SSSR count). The van der Waals surface area contributed by atoms with Crippen LogP contribution in [0, 0.1) is 11.6 Å². The molecule has 0 heterocycles. The molecule has 0 amide bonds. The Bertz CT molecular complexity index is 611. The van der Waals surface area contributed by atoms with Gasteiger partial charge in [-0.25, -0.2) is 13.6 Å². The van der Waals surface area contributed by atoms with Crippen molar-refractivity contribution in [3.63, 3.8) is 0 Å². The molecule has 0 aliphatic heterocycles. The highest BCUT2D eigenvalue weighted by Crippen LogP contribution is 2.18. The molecule has 0 unspecified atom stereocenters. The van der Waals surface area contributed by atoms with Gasteiger partial charge in [0.15, 0.2) is 11.6 Å². The molecule has 0 radical (unpaired) electrons. The molecule has 98 valence electrons. The van der Waals surface area contributed by atoms with Gasteiger partial charge in [0.05, 0.1) is 5.56 Å². The van der Waals surface area contributed by atoms with Crippen LogP contribution >= 0.6 is 0 Å². The quantitative estimate of drug-likeness (QED) is 0.922. The standard InChI is InChI=1S/C14H10F2O3/c15-12-6-5-10(7-13(12)16)19-8-9-3-1-2-4-11(9)14(17)18/h1-7H,8H2,(H,17,18). The molecule has 0 spiro atoms. The maximum absolute atomic E-state index is 13.0. The van der Waals surface area contributed by atoms with E-state index in [1.807, 2.05) is 0 Å². The predicted octanol–water partition coefficient (Wildman–Crippen LogP) is 3.24. The second-order valence-electron chi connectivity index (χ2n) is 3.83. The van der Waals surface area contributed by atoms with Gasteiger partial charge in [0.1, 0.15) is 12.4 Å². The number of carboxylic acid groups (broad SMARTS) is 1. The number of benzene rings is 2. The molecule has 2 aromatic rings. The van der Waals surface area contributed by atoms with Gasteiger partial charge in [-0.15, -0.1) is 0 Å². The van der Waals surface area contributed by atoms with E-state index in [2.05, 4.69) is 0 Å². The van der Waals surface area contributed by atoms with Crippen LogP contribution < -0.4 is 4.74 Å².